The Morgan fingerprint density at radius 1 is 1.04 bits per heavy atom. The van der Waals surface area contributed by atoms with Crippen LogP contribution in [-0.4, -0.2) is 25.1 Å². The highest BCUT2D eigenvalue weighted by Gasteiger charge is 2.46. The highest BCUT2D eigenvalue weighted by molar-refractivity contribution is 5.78. The molecule has 2 heterocycles. The van der Waals surface area contributed by atoms with Gasteiger partial charge in [0.2, 0.25) is 5.91 Å². The van der Waals surface area contributed by atoms with Gasteiger partial charge in [0, 0.05) is 24.4 Å². The van der Waals surface area contributed by atoms with Gasteiger partial charge < -0.3 is 15.4 Å². The van der Waals surface area contributed by atoms with Crippen molar-refractivity contribution in [2.45, 2.75) is 43.2 Å². The maximum Gasteiger partial charge on any atom is 0.220 e. The highest BCUT2D eigenvalue weighted by atomic mass is 16.5. The molecule has 136 valence electrons. The Labute approximate surface area is 155 Å². The smallest absolute Gasteiger partial charge is 0.220 e. The molecule has 1 spiro atoms. The molecule has 3 atom stereocenters. The largest absolute Gasteiger partial charge is 0.496 e. The zero-order valence-electron chi connectivity index (χ0n) is 15.2. The third kappa shape index (κ3) is 3.10. The lowest BCUT2D eigenvalue weighted by molar-refractivity contribution is -0.125. The summed E-state index contributed by atoms with van der Waals surface area (Å²) in [4.78, 5) is 12.1. The van der Waals surface area contributed by atoms with Gasteiger partial charge in [-0.3, -0.25) is 4.79 Å². The number of benzene rings is 2. The molecule has 4 rings (SSSR count). The number of carbonyl (C=O) groups excluding carboxylic acids is 1. The number of para-hydroxylation sites is 1. The molecular weight excluding hydrogens is 324 g/mol. The van der Waals surface area contributed by atoms with Crippen molar-refractivity contribution in [1.29, 1.82) is 0 Å². The van der Waals surface area contributed by atoms with E-state index in [-0.39, 0.29) is 17.5 Å². The first-order chi connectivity index (χ1) is 12.7. The number of methoxy groups -OCH3 is 1. The molecular formula is C22H26N2O2. The topological polar surface area (TPSA) is 50.4 Å². The summed E-state index contributed by atoms with van der Waals surface area (Å²) in [6, 6.07) is 18.7. The lowest BCUT2D eigenvalue weighted by atomic mass is 9.71. The zero-order chi connectivity index (χ0) is 18.0. The Morgan fingerprint density at radius 2 is 1.81 bits per heavy atom. The van der Waals surface area contributed by atoms with Crippen molar-refractivity contribution in [3.63, 3.8) is 0 Å². The summed E-state index contributed by atoms with van der Waals surface area (Å²) < 4.78 is 5.56. The average Bonchev–Trinajstić information content (AvgIpc) is 2.71. The quantitative estimate of drug-likeness (QED) is 0.890. The molecule has 1 amide bonds. The van der Waals surface area contributed by atoms with Crippen molar-refractivity contribution >= 4 is 5.91 Å². The first-order valence-corrected chi connectivity index (χ1v) is 9.44. The molecule has 0 saturated carbocycles. The minimum Gasteiger partial charge on any atom is -0.496 e. The summed E-state index contributed by atoms with van der Waals surface area (Å²) in [6.45, 7) is 0.902. The maximum absolute atomic E-state index is 12.1. The number of hydrogen-bond acceptors (Lipinski definition) is 3. The van der Waals surface area contributed by atoms with Crippen LogP contribution in [0.1, 0.15) is 48.8 Å². The van der Waals surface area contributed by atoms with Crippen LogP contribution in [0.25, 0.3) is 0 Å². The van der Waals surface area contributed by atoms with E-state index in [1.807, 2.05) is 30.3 Å². The van der Waals surface area contributed by atoms with Crippen LogP contribution in [0.15, 0.2) is 54.6 Å². The maximum atomic E-state index is 12.1. The van der Waals surface area contributed by atoms with Crippen LogP contribution in [-0.2, 0) is 4.79 Å². The molecule has 0 aliphatic carbocycles. The standard InChI is InChI=1S/C22H26N2O2/c1-26-19-10-6-5-9-18(19)17-11-13-22(23-15-17)14-12-20(25)24-21(22)16-7-3-2-4-8-16/h2-10,17,21,23H,11-15H2,1H3,(H,24,25)/t17-,21+,22+/m1/s1. The molecule has 0 aromatic heterocycles. The lowest BCUT2D eigenvalue weighted by Crippen LogP contribution is -2.61. The first kappa shape index (κ1) is 17.1. The molecule has 2 aromatic rings. The Balaban J connectivity index is 1.57. The summed E-state index contributed by atoms with van der Waals surface area (Å²) in [6.07, 6.45) is 3.61. The van der Waals surface area contributed by atoms with Gasteiger partial charge in [-0.05, 0) is 36.5 Å². The van der Waals surface area contributed by atoms with Crippen molar-refractivity contribution in [3.8, 4) is 5.75 Å². The monoisotopic (exact) mass is 350 g/mol. The molecule has 2 saturated heterocycles. The van der Waals surface area contributed by atoms with E-state index in [9.17, 15) is 4.79 Å². The van der Waals surface area contributed by atoms with Gasteiger partial charge in [-0.1, -0.05) is 48.5 Å². The normalized spacial score (nSPS) is 28.6. The number of ether oxygens (including phenoxy) is 1. The fourth-order valence-electron chi connectivity index (χ4n) is 4.58. The van der Waals surface area contributed by atoms with E-state index in [0.29, 0.717) is 12.3 Å². The van der Waals surface area contributed by atoms with Crippen LogP contribution in [0.5, 0.6) is 5.75 Å². The summed E-state index contributed by atoms with van der Waals surface area (Å²) in [5.41, 5.74) is 2.39. The molecule has 2 fully saturated rings. The number of hydrogen-bond donors (Lipinski definition) is 2. The van der Waals surface area contributed by atoms with E-state index < -0.39 is 0 Å². The van der Waals surface area contributed by atoms with Gasteiger partial charge in [-0.2, -0.15) is 0 Å². The Kier molecular flexibility index (Phi) is 4.68. The summed E-state index contributed by atoms with van der Waals surface area (Å²) >= 11 is 0. The van der Waals surface area contributed by atoms with Crippen LogP contribution in [0.2, 0.25) is 0 Å². The number of amides is 1. The fraction of sp³-hybridized carbons (Fsp3) is 0.409. The van der Waals surface area contributed by atoms with Crippen LogP contribution >= 0.6 is 0 Å². The number of carbonyl (C=O) groups is 1. The van der Waals surface area contributed by atoms with E-state index in [2.05, 4.69) is 34.9 Å². The second kappa shape index (κ2) is 7.12. The van der Waals surface area contributed by atoms with Gasteiger partial charge in [0.1, 0.15) is 5.75 Å². The molecule has 26 heavy (non-hydrogen) atoms. The summed E-state index contributed by atoms with van der Waals surface area (Å²) in [5.74, 6) is 1.55. The number of piperidine rings is 2. The number of nitrogens with one attached hydrogen (secondary N) is 2. The molecule has 2 aliphatic heterocycles. The minimum atomic E-state index is -0.0617. The van der Waals surface area contributed by atoms with Gasteiger partial charge >= 0.3 is 0 Å². The van der Waals surface area contributed by atoms with Crippen LogP contribution in [0.3, 0.4) is 0 Å². The SMILES string of the molecule is COc1ccccc1[C@@H]1CC[C@@]2(CCC(=O)N[C@H]2c2ccccc2)NC1. The Morgan fingerprint density at radius 3 is 2.54 bits per heavy atom. The van der Waals surface area contributed by atoms with E-state index in [1.54, 1.807) is 7.11 Å². The lowest BCUT2D eigenvalue weighted by Gasteiger charge is -2.49. The highest BCUT2D eigenvalue weighted by Crippen LogP contribution is 2.43. The van der Waals surface area contributed by atoms with Gasteiger partial charge in [0.25, 0.3) is 0 Å². The van der Waals surface area contributed by atoms with Crippen molar-refractivity contribution < 1.29 is 9.53 Å². The van der Waals surface area contributed by atoms with E-state index in [0.717, 1.165) is 31.6 Å². The van der Waals surface area contributed by atoms with Crippen molar-refractivity contribution in [2.24, 2.45) is 0 Å². The molecule has 4 nitrogen and oxygen atoms in total. The Bertz CT molecular complexity index is 767. The molecule has 2 aromatic carbocycles. The van der Waals surface area contributed by atoms with Crippen molar-refractivity contribution in [1.82, 2.24) is 10.6 Å². The predicted octanol–water partition coefficient (Wildman–Crippen LogP) is 3.55. The van der Waals surface area contributed by atoms with Crippen molar-refractivity contribution in [2.75, 3.05) is 13.7 Å². The van der Waals surface area contributed by atoms with Crippen LogP contribution in [0, 0.1) is 0 Å². The van der Waals surface area contributed by atoms with Crippen molar-refractivity contribution in [3.05, 3.63) is 65.7 Å². The van der Waals surface area contributed by atoms with E-state index in [4.69, 9.17) is 4.74 Å². The zero-order valence-corrected chi connectivity index (χ0v) is 15.2. The van der Waals surface area contributed by atoms with Gasteiger partial charge in [-0.25, -0.2) is 0 Å². The molecule has 2 aliphatic rings. The fourth-order valence-corrected chi connectivity index (χ4v) is 4.58. The number of rotatable bonds is 3. The second-order valence-corrected chi connectivity index (χ2v) is 7.43. The van der Waals surface area contributed by atoms with Gasteiger partial charge in [-0.15, -0.1) is 0 Å². The average molecular weight is 350 g/mol. The first-order valence-electron chi connectivity index (χ1n) is 9.44. The van der Waals surface area contributed by atoms with E-state index >= 15 is 0 Å². The van der Waals surface area contributed by atoms with Gasteiger partial charge in [0.15, 0.2) is 0 Å². The second-order valence-electron chi connectivity index (χ2n) is 7.43. The minimum absolute atomic E-state index is 0.0311. The third-order valence-electron chi connectivity index (χ3n) is 6.01. The summed E-state index contributed by atoms with van der Waals surface area (Å²) in [5, 5.41) is 7.08. The molecule has 0 unspecified atom stereocenters. The summed E-state index contributed by atoms with van der Waals surface area (Å²) in [7, 11) is 1.73. The Hall–Kier alpha value is -2.33. The predicted molar refractivity (Wildman–Crippen MR) is 102 cm³/mol. The van der Waals surface area contributed by atoms with Crippen LogP contribution < -0.4 is 15.4 Å². The van der Waals surface area contributed by atoms with Gasteiger partial charge in [0.05, 0.1) is 13.2 Å². The molecule has 0 bridgehead atoms. The van der Waals surface area contributed by atoms with Crippen LogP contribution in [0.4, 0.5) is 0 Å². The molecule has 0 radical (unpaired) electrons. The third-order valence-corrected chi connectivity index (χ3v) is 6.01. The molecule has 2 N–H and O–H groups in total. The van der Waals surface area contributed by atoms with E-state index in [1.165, 1.54) is 11.1 Å². The molecule has 4 heteroatoms.